The van der Waals surface area contributed by atoms with Crippen molar-refractivity contribution < 1.29 is 33.9 Å². The quantitative estimate of drug-likeness (QED) is 0.302. The molecule has 1 aliphatic heterocycles. The predicted octanol–water partition coefficient (Wildman–Crippen LogP) is 1.82. The number of amides is 3. The highest BCUT2D eigenvalue weighted by Crippen LogP contribution is 2.22. The second-order valence-electron chi connectivity index (χ2n) is 9.47. The Bertz CT molecular complexity index is 1210. The molecule has 38 heavy (non-hydrogen) atoms. The zero-order chi connectivity index (χ0) is 27.8. The predicted molar refractivity (Wildman–Crippen MR) is 137 cm³/mol. The molecule has 1 aliphatic rings. The van der Waals surface area contributed by atoms with Crippen LogP contribution in [-0.2, 0) is 19.2 Å². The third kappa shape index (κ3) is 6.70. The van der Waals surface area contributed by atoms with Gasteiger partial charge in [-0.25, -0.2) is 0 Å². The van der Waals surface area contributed by atoms with E-state index in [9.17, 15) is 28.8 Å². The smallest absolute Gasteiger partial charge is 0.305 e. The Morgan fingerprint density at radius 2 is 1.61 bits per heavy atom. The molecular weight excluding hydrogens is 490 g/mol. The Hall–Kier alpha value is -4.34. The summed E-state index contributed by atoms with van der Waals surface area (Å²) >= 11 is 0. The fraction of sp³-hybridized carbons (Fsp3) is 0.357. The van der Waals surface area contributed by atoms with E-state index in [0.29, 0.717) is 24.7 Å². The van der Waals surface area contributed by atoms with Gasteiger partial charge in [0, 0.05) is 17.7 Å². The lowest BCUT2D eigenvalue weighted by Crippen LogP contribution is -2.56. The van der Waals surface area contributed by atoms with Gasteiger partial charge in [0.05, 0.1) is 18.0 Å². The van der Waals surface area contributed by atoms with Crippen molar-refractivity contribution in [3.63, 3.8) is 0 Å². The zero-order valence-electron chi connectivity index (χ0n) is 21.3. The molecule has 200 valence electrons. The third-order valence-electron chi connectivity index (χ3n) is 6.40. The van der Waals surface area contributed by atoms with Gasteiger partial charge in [-0.3, -0.25) is 24.0 Å². The maximum Gasteiger partial charge on any atom is 0.305 e. The molecule has 3 unspecified atom stereocenters. The third-order valence-corrected chi connectivity index (χ3v) is 6.40. The molecule has 0 aliphatic carbocycles. The maximum absolute atomic E-state index is 13.5. The largest absolute Gasteiger partial charge is 0.481 e. The standard InChI is InChI=1S/C28H31N3O7/c1-17(2)24(28(38)31-14-8-13-22(31)27(37)29-19(16-32)15-23(33)34)30-26(36)21-12-7-6-11-20(21)25(35)18-9-4-3-5-10-18/h3-7,9-12,16-17,19,22,24H,8,13-15H2,1-2H3,(H,29,37)(H,30,36)(H,33,34). The number of ketones is 1. The lowest BCUT2D eigenvalue weighted by atomic mass is 9.96. The zero-order valence-corrected chi connectivity index (χ0v) is 21.3. The summed E-state index contributed by atoms with van der Waals surface area (Å²) < 4.78 is 0. The molecule has 0 bridgehead atoms. The van der Waals surface area contributed by atoms with Gasteiger partial charge in [0.1, 0.15) is 18.4 Å². The summed E-state index contributed by atoms with van der Waals surface area (Å²) in [7, 11) is 0. The van der Waals surface area contributed by atoms with Gasteiger partial charge in [0.25, 0.3) is 5.91 Å². The van der Waals surface area contributed by atoms with E-state index < -0.39 is 48.2 Å². The lowest BCUT2D eigenvalue weighted by Gasteiger charge is -2.31. The summed E-state index contributed by atoms with van der Waals surface area (Å²) in [5.74, 6) is -3.61. The molecule has 1 heterocycles. The van der Waals surface area contributed by atoms with Crippen LogP contribution in [0.25, 0.3) is 0 Å². The van der Waals surface area contributed by atoms with Crippen LogP contribution in [0, 0.1) is 5.92 Å². The van der Waals surface area contributed by atoms with Gasteiger partial charge in [-0.05, 0) is 24.8 Å². The highest BCUT2D eigenvalue weighted by Gasteiger charge is 2.39. The second-order valence-corrected chi connectivity index (χ2v) is 9.47. The molecule has 1 saturated heterocycles. The number of aliphatic carboxylic acids is 1. The topological polar surface area (TPSA) is 150 Å². The van der Waals surface area contributed by atoms with Crippen LogP contribution in [0.15, 0.2) is 54.6 Å². The monoisotopic (exact) mass is 521 g/mol. The van der Waals surface area contributed by atoms with E-state index in [0.717, 1.165) is 0 Å². The van der Waals surface area contributed by atoms with Crippen molar-refractivity contribution in [3.05, 3.63) is 71.3 Å². The summed E-state index contributed by atoms with van der Waals surface area (Å²) in [5, 5.41) is 14.1. The number of hydrogen-bond acceptors (Lipinski definition) is 6. The number of carbonyl (C=O) groups is 6. The Morgan fingerprint density at radius 1 is 0.974 bits per heavy atom. The number of carboxylic acid groups (broad SMARTS) is 1. The summed E-state index contributed by atoms with van der Waals surface area (Å²) in [5.41, 5.74) is 0.743. The van der Waals surface area contributed by atoms with Gasteiger partial charge in [-0.15, -0.1) is 0 Å². The Kier molecular flexibility index (Phi) is 9.48. The van der Waals surface area contributed by atoms with E-state index in [2.05, 4.69) is 10.6 Å². The van der Waals surface area contributed by atoms with Crippen LogP contribution in [0.1, 0.15) is 59.4 Å². The minimum atomic E-state index is -1.24. The Balaban J connectivity index is 1.78. The van der Waals surface area contributed by atoms with Crippen LogP contribution < -0.4 is 10.6 Å². The van der Waals surface area contributed by atoms with Crippen molar-refractivity contribution in [3.8, 4) is 0 Å². The molecule has 3 rings (SSSR count). The first kappa shape index (κ1) is 28.2. The van der Waals surface area contributed by atoms with E-state index in [4.69, 9.17) is 5.11 Å². The summed E-state index contributed by atoms with van der Waals surface area (Å²) in [4.78, 5) is 76.2. The maximum atomic E-state index is 13.5. The number of nitrogens with one attached hydrogen (secondary N) is 2. The number of likely N-dealkylation sites (tertiary alicyclic amines) is 1. The second kappa shape index (κ2) is 12.8. The molecule has 1 fully saturated rings. The summed E-state index contributed by atoms with van der Waals surface area (Å²) in [6, 6.07) is 11.8. The van der Waals surface area contributed by atoms with E-state index in [1.165, 1.54) is 11.0 Å². The number of hydrogen-bond donors (Lipinski definition) is 3. The lowest BCUT2D eigenvalue weighted by molar-refractivity contribution is -0.142. The van der Waals surface area contributed by atoms with Crippen LogP contribution in [0.5, 0.6) is 0 Å². The van der Waals surface area contributed by atoms with E-state index in [-0.39, 0.29) is 29.4 Å². The van der Waals surface area contributed by atoms with Crippen molar-refractivity contribution in [1.82, 2.24) is 15.5 Å². The number of nitrogens with zero attached hydrogens (tertiary/aromatic N) is 1. The highest BCUT2D eigenvalue weighted by molar-refractivity contribution is 6.15. The van der Waals surface area contributed by atoms with Gasteiger partial charge in [0.15, 0.2) is 5.78 Å². The minimum absolute atomic E-state index is 0.123. The van der Waals surface area contributed by atoms with Crippen molar-refractivity contribution in [2.24, 2.45) is 5.92 Å². The molecule has 3 atom stereocenters. The van der Waals surface area contributed by atoms with Crippen molar-refractivity contribution >= 4 is 35.8 Å². The average molecular weight is 522 g/mol. The molecule has 0 spiro atoms. The van der Waals surface area contributed by atoms with Crippen LogP contribution in [0.2, 0.25) is 0 Å². The number of carboxylic acids is 1. The number of carbonyl (C=O) groups excluding carboxylic acids is 5. The number of aldehydes is 1. The molecule has 0 radical (unpaired) electrons. The van der Waals surface area contributed by atoms with Crippen molar-refractivity contribution in [1.29, 1.82) is 0 Å². The fourth-order valence-electron chi connectivity index (χ4n) is 4.44. The van der Waals surface area contributed by atoms with E-state index in [1.807, 2.05) is 0 Å². The summed E-state index contributed by atoms with van der Waals surface area (Å²) in [6.07, 6.45) is 0.644. The van der Waals surface area contributed by atoms with E-state index in [1.54, 1.807) is 62.4 Å². The van der Waals surface area contributed by atoms with Crippen molar-refractivity contribution in [2.45, 2.75) is 51.2 Å². The molecule has 3 N–H and O–H groups in total. The average Bonchev–Trinajstić information content (AvgIpc) is 3.41. The van der Waals surface area contributed by atoms with Crippen LogP contribution in [-0.4, -0.2) is 70.4 Å². The molecule has 3 amide bonds. The molecule has 0 saturated carbocycles. The highest BCUT2D eigenvalue weighted by atomic mass is 16.4. The van der Waals surface area contributed by atoms with Gasteiger partial charge in [0.2, 0.25) is 11.8 Å². The Morgan fingerprint density at radius 3 is 2.21 bits per heavy atom. The van der Waals surface area contributed by atoms with Gasteiger partial charge >= 0.3 is 5.97 Å². The molecule has 10 heteroatoms. The van der Waals surface area contributed by atoms with Gasteiger partial charge in [-0.1, -0.05) is 62.4 Å². The Labute approximate surface area is 220 Å². The van der Waals surface area contributed by atoms with Crippen LogP contribution in [0.3, 0.4) is 0 Å². The molecule has 2 aromatic rings. The molecule has 10 nitrogen and oxygen atoms in total. The summed E-state index contributed by atoms with van der Waals surface area (Å²) in [6.45, 7) is 3.78. The number of benzene rings is 2. The normalized spacial score (nSPS) is 16.4. The first-order valence-electron chi connectivity index (χ1n) is 12.4. The minimum Gasteiger partial charge on any atom is -0.481 e. The molecule has 2 aromatic carbocycles. The fourth-order valence-corrected chi connectivity index (χ4v) is 4.44. The van der Waals surface area contributed by atoms with Gasteiger partial charge in [-0.2, -0.15) is 0 Å². The molecule has 0 aromatic heterocycles. The number of rotatable bonds is 11. The van der Waals surface area contributed by atoms with Gasteiger partial charge < -0.3 is 25.4 Å². The van der Waals surface area contributed by atoms with Crippen LogP contribution in [0.4, 0.5) is 0 Å². The van der Waals surface area contributed by atoms with E-state index >= 15 is 0 Å². The van der Waals surface area contributed by atoms with Crippen molar-refractivity contribution in [2.75, 3.05) is 6.54 Å². The SMILES string of the molecule is CC(C)C(NC(=O)c1ccccc1C(=O)c1ccccc1)C(=O)N1CCCC1C(=O)NC(C=O)CC(=O)O. The van der Waals surface area contributed by atoms with Crippen LogP contribution >= 0.6 is 0 Å². The molecular formula is C28H31N3O7. The first-order valence-corrected chi connectivity index (χ1v) is 12.4. The first-order chi connectivity index (χ1) is 18.1.